The first-order valence-corrected chi connectivity index (χ1v) is 7.61. The monoisotopic (exact) mass is 251 g/mol. The second-order valence-electron chi connectivity index (χ2n) is 5.50. The van der Waals surface area contributed by atoms with E-state index >= 15 is 0 Å². The van der Waals surface area contributed by atoms with Crippen molar-refractivity contribution in [2.75, 3.05) is 19.6 Å². The van der Waals surface area contributed by atoms with E-state index in [0.717, 1.165) is 32.4 Å². The summed E-state index contributed by atoms with van der Waals surface area (Å²) in [6, 6.07) is 3.14. The van der Waals surface area contributed by atoms with Gasteiger partial charge in [0.2, 0.25) is 0 Å². The fraction of sp³-hybridized carbons (Fsp3) is 0.933. The maximum absolute atomic E-state index is 9.45. The number of rotatable bonds is 10. The zero-order chi connectivity index (χ0) is 13.4. The van der Waals surface area contributed by atoms with Crippen LogP contribution in [0, 0.1) is 11.3 Å². The van der Waals surface area contributed by atoms with E-state index in [1.807, 2.05) is 0 Å². The molecule has 1 aliphatic carbocycles. The summed E-state index contributed by atoms with van der Waals surface area (Å²) in [4.78, 5) is 2.48. The molecule has 0 aliphatic heterocycles. The molecule has 18 heavy (non-hydrogen) atoms. The van der Waals surface area contributed by atoms with Crippen molar-refractivity contribution in [3.05, 3.63) is 0 Å². The maximum Gasteiger partial charge on any atom is 0.106 e. The average molecular weight is 251 g/mol. The van der Waals surface area contributed by atoms with Crippen LogP contribution in [0.25, 0.3) is 0 Å². The third-order valence-electron chi connectivity index (χ3n) is 3.94. The molecule has 1 saturated carbocycles. The second-order valence-corrected chi connectivity index (χ2v) is 5.50. The van der Waals surface area contributed by atoms with Crippen molar-refractivity contribution in [2.24, 2.45) is 0 Å². The van der Waals surface area contributed by atoms with Crippen LogP contribution in [0.4, 0.5) is 0 Å². The molecule has 1 aliphatic rings. The van der Waals surface area contributed by atoms with Crippen molar-refractivity contribution in [3.8, 4) is 6.07 Å². The fourth-order valence-electron chi connectivity index (χ4n) is 2.49. The molecule has 0 heterocycles. The van der Waals surface area contributed by atoms with Crippen LogP contribution in [-0.2, 0) is 0 Å². The SMILES string of the molecule is CCCN(CC)CCCC(C#N)(CC)NC1CC1. The van der Waals surface area contributed by atoms with E-state index < -0.39 is 0 Å². The fourth-order valence-corrected chi connectivity index (χ4v) is 2.49. The quantitative estimate of drug-likeness (QED) is 0.649. The van der Waals surface area contributed by atoms with Gasteiger partial charge in [-0.1, -0.05) is 20.8 Å². The predicted octanol–water partition coefficient (Wildman–Crippen LogP) is 2.92. The summed E-state index contributed by atoms with van der Waals surface area (Å²) in [6.07, 6.45) is 6.73. The van der Waals surface area contributed by atoms with Gasteiger partial charge in [0.25, 0.3) is 0 Å². The van der Waals surface area contributed by atoms with E-state index in [9.17, 15) is 5.26 Å². The van der Waals surface area contributed by atoms with E-state index in [0.29, 0.717) is 6.04 Å². The normalized spacial score (nSPS) is 18.6. The molecule has 1 atom stereocenters. The molecule has 0 amide bonds. The second kappa shape index (κ2) is 7.76. The molecule has 1 N–H and O–H groups in total. The largest absolute Gasteiger partial charge is 0.304 e. The van der Waals surface area contributed by atoms with Gasteiger partial charge in [0.15, 0.2) is 0 Å². The van der Waals surface area contributed by atoms with Gasteiger partial charge in [0, 0.05) is 6.04 Å². The van der Waals surface area contributed by atoms with Crippen molar-refractivity contribution in [1.29, 1.82) is 5.26 Å². The number of nitriles is 1. The lowest BCUT2D eigenvalue weighted by Gasteiger charge is -2.28. The van der Waals surface area contributed by atoms with Crippen LogP contribution in [-0.4, -0.2) is 36.1 Å². The van der Waals surface area contributed by atoms with Gasteiger partial charge < -0.3 is 4.90 Å². The van der Waals surface area contributed by atoms with Crippen LogP contribution in [0.5, 0.6) is 0 Å². The number of nitrogens with zero attached hydrogens (tertiary/aromatic N) is 2. The number of nitrogens with one attached hydrogen (secondary N) is 1. The van der Waals surface area contributed by atoms with Crippen LogP contribution in [0.15, 0.2) is 0 Å². The molecule has 0 spiro atoms. The summed E-state index contributed by atoms with van der Waals surface area (Å²) < 4.78 is 0. The topological polar surface area (TPSA) is 39.1 Å². The lowest BCUT2D eigenvalue weighted by Crippen LogP contribution is -2.45. The highest BCUT2D eigenvalue weighted by molar-refractivity contribution is 5.09. The summed E-state index contributed by atoms with van der Waals surface area (Å²) in [7, 11) is 0. The van der Waals surface area contributed by atoms with E-state index in [2.05, 4.69) is 37.1 Å². The molecule has 0 bridgehead atoms. The van der Waals surface area contributed by atoms with Gasteiger partial charge in [0.1, 0.15) is 5.54 Å². The van der Waals surface area contributed by atoms with Crippen molar-refractivity contribution in [2.45, 2.75) is 70.9 Å². The van der Waals surface area contributed by atoms with Crippen molar-refractivity contribution in [1.82, 2.24) is 10.2 Å². The first-order chi connectivity index (χ1) is 8.69. The minimum Gasteiger partial charge on any atom is -0.304 e. The van der Waals surface area contributed by atoms with Crippen molar-refractivity contribution >= 4 is 0 Å². The Hall–Kier alpha value is -0.590. The standard InChI is InChI=1S/C15H29N3/c1-4-11-18(6-3)12-7-10-15(5-2,13-16)17-14-8-9-14/h14,17H,4-12H2,1-3H3. The Kier molecular flexibility index (Phi) is 6.67. The smallest absolute Gasteiger partial charge is 0.106 e. The lowest BCUT2D eigenvalue weighted by atomic mass is 9.91. The highest BCUT2D eigenvalue weighted by Crippen LogP contribution is 2.26. The molecule has 0 aromatic rings. The van der Waals surface area contributed by atoms with E-state index in [1.165, 1.54) is 25.8 Å². The van der Waals surface area contributed by atoms with Crippen LogP contribution in [0.1, 0.15) is 59.3 Å². The molecule has 0 saturated heterocycles. The van der Waals surface area contributed by atoms with Gasteiger partial charge in [-0.25, -0.2) is 0 Å². The minimum absolute atomic E-state index is 0.271. The van der Waals surface area contributed by atoms with E-state index in [-0.39, 0.29) is 5.54 Å². The Morgan fingerprint density at radius 3 is 2.44 bits per heavy atom. The molecule has 1 rings (SSSR count). The third kappa shape index (κ3) is 4.96. The van der Waals surface area contributed by atoms with Crippen LogP contribution < -0.4 is 5.32 Å². The summed E-state index contributed by atoms with van der Waals surface area (Å²) in [5.41, 5.74) is -0.271. The van der Waals surface area contributed by atoms with Gasteiger partial charge >= 0.3 is 0 Å². The zero-order valence-electron chi connectivity index (χ0n) is 12.3. The predicted molar refractivity (Wildman–Crippen MR) is 76.4 cm³/mol. The highest BCUT2D eigenvalue weighted by Gasteiger charge is 2.34. The average Bonchev–Trinajstić information content (AvgIpc) is 3.20. The molecular weight excluding hydrogens is 222 g/mol. The molecular formula is C15H29N3. The van der Waals surface area contributed by atoms with Gasteiger partial charge in [-0.05, 0) is 58.2 Å². The van der Waals surface area contributed by atoms with Gasteiger partial charge in [-0.2, -0.15) is 5.26 Å². The Labute approximate surface area is 113 Å². The van der Waals surface area contributed by atoms with Crippen LogP contribution in [0.2, 0.25) is 0 Å². The Morgan fingerprint density at radius 1 is 1.28 bits per heavy atom. The molecule has 3 heteroatoms. The molecule has 1 fully saturated rings. The number of hydrogen-bond donors (Lipinski definition) is 1. The molecule has 1 unspecified atom stereocenters. The first kappa shape index (κ1) is 15.5. The van der Waals surface area contributed by atoms with E-state index in [1.54, 1.807) is 0 Å². The summed E-state index contributed by atoms with van der Waals surface area (Å²) in [6.45, 7) is 9.99. The molecule has 0 radical (unpaired) electrons. The Bertz CT molecular complexity index is 267. The van der Waals surface area contributed by atoms with Gasteiger partial charge in [-0.3, -0.25) is 5.32 Å². The minimum atomic E-state index is -0.271. The third-order valence-corrected chi connectivity index (χ3v) is 3.94. The first-order valence-electron chi connectivity index (χ1n) is 7.61. The lowest BCUT2D eigenvalue weighted by molar-refractivity contribution is 0.263. The molecule has 0 aromatic carbocycles. The number of hydrogen-bond acceptors (Lipinski definition) is 3. The van der Waals surface area contributed by atoms with Crippen LogP contribution in [0.3, 0.4) is 0 Å². The molecule has 0 aromatic heterocycles. The van der Waals surface area contributed by atoms with Gasteiger partial charge in [0.05, 0.1) is 6.07 Å². The Balaban J connectivity index is 2.34. The Morgan fingerprint density at radius 2 is 2.00 bits per heavy atom. The van der Waals surface area contributed by atoms with Crippen molar-refractivity contribution < 1.29 is 0 Å². The molecule has 104 valence electrons. The maximum atomic E-state index is 9.45. The molecule has 3 nitrogen and oxygen atoms in total. The van der Waals surface area contributed by atoms with Gasteiger partial charge in [-0.15, -0.1) is 0 Å². The van der Waals surface area contributed by atoms with Crippen LogP contribution >= 0.6 is 0 Å². The highest BCUT2D eigenvalue weighted by atomic mass is 15.1. The zero-order valence-corrected chi connectivity index (χ0v) is 12.3. The summed E-state index contributed by atoms with van der Waals surface area (Å²) in [5.74, 6) is 0. The summed E-state index contributed by atoms with van der Waals surface area (Å²) in [5, 5.41) is 13.0. The summed E-state index contributed by atoms with van der Waals surface area (Å²) >= 11 is 0. The van der Waals surface area contributed by atoms with E-state index in [4.69, 9.17) is 0 Å². The van der Waals surface area contributed by atoms with Crippen molar-refractivity contribution in [3.63, 3.8) is 0 Å².